The standard InChI is InChI=1S/C14H27NO4/c1-9(2)15(7)14(17)13(19-11(5)6)12(8-16)18-10(3)4/h8-13H,1-7H3. The highest BCUT2D eigenvalue weighted by molar-refractivity contribution is 5.85. The van der Waals surface area contributed by atoms with E-state index in [0.717, 1.165) is 0 Å². The lowest BCUT2D eigenvalue weighted by molar-refractivity contribution is -0.166. The third-order valence-corrected chi connectivity index (χ3v) is 2.65. The Morgan fingerprint density at radius 3 is 1.79 bits per heavy atom. The SMILES string of the molecule is CC(C)OC(C=O)C(OC(C)C)C(=O)N(C)C(C)C. The minimum atomic E-state index is -0.896. The fraction of sp³-hybridized carbons (Fsp3) is 0.857. The van der Waals surface area contributed by atoms with E-state index in [0.29, 0.717) is 6.29 Å². The Labute approximate surface area is 116 Å². The lowest BCUT2D eigenvalue weighted by Gasteiger charge is -2.31. The molecule has 1 amide bonds. The summed E-state index contributed by atoms with van der Waals surface area (Å²) in [6.07, 6.45) is -1.44. The van der Waals surface area contributed by atoms with E-state index in [1.54, 1.807) is 11.9 Å². The topological polar surface area (TPSA) is 55.8 Å². The van der Waals surface area contributed by atoms with Crippen molar-refractivity contribution in [2.75, 3.05) is 7.05 Å². The van der Waals surface area contributed by atoms with Crippen LogP contribution >= 0.6 is 0 Å². The molecule has 0 aliphatic rings. The van der Waals surface area contributed by atoms with Gasteiger partial charge in [-0.15, -0.1) is 0 Å². The lowest BCUT2D eigenvalue weighted by Crippen LogP contribution is -2.50. The molecule has 0 saturated carbocycles. The van der Waals surface area contributed by atoms with E-state index in [2.05, 4.69) is 0 Å². The highest BCUT2D eigenvalue weighted by atomic mass is 16.6. The zero-order valence-corrected chi connectivity index (χ0v) is 13.0. The van der Waals surface area contributed by atoms with Crippen LogP contribution < -0.4 is 0 Å². The second-order valence-corrected chi connectivity index (χ2v) is 5.43. The van der Waals surface area contributed by atoms with Crippen molar-refractivity contribution < 1.29 is 19.1 Å². The molecule has 0 aromatic heterocycles. The fourth-order valence-corrected chi connectivity index (χ4v) is 1.51. The minimum Gasteiger partial charge on any atom is -0.365 e. The van der Waals surface area contributed by atoms with Gasteiger partial charge in [-0.25, -0.2) is 0 Å². The van der Waals surface area contributed by atoms with E-state index < -0.39 is 12.2 Å². The number of hydrogen-bond acceptors (Lipinski definition) is 4. The maximum absolute atomic E-state index is 12.4. The van der Waals surface area contributed by atoms with Gasteiger partial charge in [-0.2, -0.15) is 0 Å². The normalized spacial score (nSPS) is 14.8. The van der Waals surface area contributed by atoms with Gasteiger partial charge in [0.05, 0.1) is 12.2 Å². The molecule has 5 nitrogen and oxygen atoms in total. The molecule has 2 unspecified atom stereocenters. The molecule has 112 valence electrons. The van der Waals surface area contributed by atoms with Gasteiger partial charge in [0, 0.05) is 13.1 Å². The molecule has 0 fully saturated rings. The maximum Gasteiger partial charge on any atom is 0.254 e. The molecule has 0 aromatic carbocycles. The van der Waals surface area contributed by atoms with Gasteiger partial charge >= 0.3 is 0 Å². The van der Waals surface area contributed by atoms with Crippen molar-refractivity contribution in [1.82, 2.24) is 4.90 Å². The van der Waals surface area contributed by atoms with Crippen LogP contribution in [-0.2, 0) is 19.1 Å². The zero-order valence-electron chi connectivity index (χ0n) is 13.0. The number of carbonyl (C=O) groups excluding carboxylic acids is 2. The van der Waals surface area contributed by atoms with Crippen molar-refractivity contribution in [3.8, 4) is 0 Å². The lowest BCUT2D eigenvalue weighted by atomic mass is 10.1. The van der Waals surface area contributed by atoms with Gasteiger partial charge < -0.3 is 19.2 Å². The average Bonchev–Trinajstić information content (AvgIpc) is 2.30. The molecule has 0 bridgehead atoms. The quantitative estimate of drug-likeness (QED) is 0.631. The van der Waals surface area contributed by atoms with Crippen LogP contribution in [0.3, 0.4) is 0 Å². The van der Waals surface area contributed by atoms with Crippen molar-refractivity contribution in [3.05, 3.63) is 0 Å². The number of hydrogen-bond donors (Lipinski definition) is 0. The van der Waals surface area contributed by atoms with Gasteiger partial charge in [-0.3, -0.25) is 4.79 Å². The Hall–Kier alpha value is -0.940. The smallest absolute Gasteiger partial charge is 0.254 e. The molecule has 0 aromatic rings. The van der Waals surface area contributed by atoms with Crippen LogP contribution in [0, 0.1) is 0 Å². The van der Waals surface area contributed by atoms with Gasteiger partial charge in [0.25, 0.3) is 5.91 Å². The number of aldehydes is 1. The molecular formula is C14H27NO4. The van der Waals surface area contributed by atoms with Crippen molar-refractivity contribution in [2.45, 2.75) is 72.0 Å². The van der Waals surface area contributed by atoms with Crippen LogP contribution in [0.15, 0.2) is 0 Å². The third-order valence-electron chi connectivity index (χ3n) is 2.65. The van der Waals surface area contributed by atoms with E-state index in [4.69, 9.17) is 9.47 Å². The minimum absolute atomic E-state index is 0.0390. The van der Waals surface area contributed by atoms with Crippen LogP contribution in [0.5, 0.6) is 0 Å². The van der Waals surface area contributed by atoms with Crippen molar-refractivity contribution in [2.24, 2.45) is 0 Å². The molecule has 0 aliphatic carbocycles. The first-order valence-electron chi connectivity index (χ1n) is 6.73. The highest BCUT2D eigenvalue weighted by Gasteiger charge is 2.34. The summed E-state index contributed by atoms with van der Waals surface area (Å²) >= 11 is 0. The van der Waals surface area contributed by atoms with Crippen LogP contribution in [-0.4, -0.2) is 54.6 Å². The highest BCUT2D eigenvalue weighted by Crippen LogP contribution is 2.12. The van der Waals surface area contributed by atoms with Gasteiger partial charge in [0.2, 0.25) is 0 Å². The predicted molar refractivity (Wildman–Crippen MR) is 74.0 cm³/mol. The largest absolute Gasteiger partial charge is 0.365 e. The molecule has 0 saturated heterocycles. The van der Waals surface area contributed by atoms with Crippen molar-refractivity contribution in [3.63, 3.8) is 0 Å². The second-order valence-electron chi connectivity index (χ2n) is 5.43. The van der Waals surface area contributed by atoms with E-state index in [1.807, 2.05) is 41.5 Å². The number of rotatable bonds is 8. The van der Waals surface area contributed by atoms with Gasteiger partial charge in [-0.05, 0) is 41.5 Å². The van der Waals surface area contributed by atoms with Gasteiger partial charge in [0.1, 0.15) is 6.10 Å². The molecule has 0 aliphatic heterocycles. The Kier molecular flexibility index (Phi) is 7.87. The van der Waals surface area contributed by atoms with Gasteiger partial charge in [0.15, 0.2) is 12.4 Å². The molecule has 0 spiro atoms. The number of ether oxygens (including phenoxy) is 2. The number of amides is 1. The predicted octanol–water partition coefficient (Wildman–Crippen LogP) is 1.64. The summed E-state index contributed by atoms with van der Waals surface area (Å²) in [6.45, 7) is 11.1. The molecule has 0 rings (SSSR count). The number of likely N-dealkylation sites (N-methyl/N-ethyl adjacent to an activating group) is 1. The molecule has 0 heterocycles. The first-order chi connectivity index (χ1) is 8.70. The first-order valence-corrected chi connectivity index (χ1v) is 6.73. The van der Waals surface area contributed by atoms with Crippen LogP contribution in [0.4, 0.5) is 0 Å². The van der Waals surface area contributed by atoms with Crippen molar-refractivity contribution in [1.29, 1.82) is 0 Å². The number of carbonyl (C=O) groups is 2. The number of nitrogens with zero attached hydrogens (tertiary/aromatic N) is 1. The summed E-state index contributed by atoms with van der Waals surface area (Å²) in [5, 5.41) is 0. The van der Waals surface area contributed by atoms with Crippen LogP contribution in [0.2, 0.25) is 0 Å². The maximum atomic E-state index is 12.4. The second kappa shape index (κ2) is 8.27. The summed E-state index contributed by atoms with van der Waals surface area (Å²) in [7, 11) is 1.70. The first kappa shape index (κ1) is 18.1. The van der Waals surface area contributed by atoms with E-state index in [9.17, 15) is 9.59 Å². The molecule has 19 heavy (non-hydrogen) atoms. The average molecular weight is 273 g/mol. The summed E-state index contributed by atoms with van der Waals surface area (Å²) in [6, 6.07) is 0.0390. The molecule has 5 heteroatoms. The Bertz CT molecular complexity index is 289. The Morgan fingerprint density at radius 1 is 1.00 bits per heavy atom. The monoisotopic (exact) mass is 273 g/mol. The molecular weight excluding hydrogens is 246 g/mol. The van der Waals surface area contributed by atoms with Gasteiger partial charge in [-0.1, -0.05) is 0 Å². The summed E-state index contributed by atoms with van der Waals surface area (Å²) < 4.78 is 11.1. The van der Waals surface area contributed by atoms with E-state index in [-0.39, 0.29) is 24.2 Å². The van der Waals surface area contributed by atoms with E-state index in [1.165, 1.54) is 0 Å². The van der Waals surface area contributed by atoms with Crippen LogP contribution in [0.25, 0.3) is 0 Å². The molecule has 2 atom stereocenters. The third kappa shape index (κ3) is 6.16. The van der Waals surface area contributed by atoms with Crippen LogP contribution in [0.1, 0.15) is 41.5 Å². The molecule has 0 N–H and O–H groups in total. The fourth-order valence-electron chi connectivity index (χ4n) is 1.51. The van der Waals surface area contributed by atoms with Crippen molar-refractivity contribution >= 4 is 12.2 Å². The zero-order chi connectivity index (χ0) is 15.2. The van der Waals surface area contributed by atoms with E-state index >= 15 is 0 Å². The summed E-state index contributed by atoms with van der Waals surface area (Å²) in [5.41, 5.74) is 0. The Balaban J connectivity index is 5.06. The Morgan fingerprint density at radius 2 is 1.47 bits per heavy atom. The summed E-state index contributed by atoms with van der Waals surface area (Å²) in [5.74, 6) is -0.235. The molecule has 0 radical (unpaired) electrons. The summed E-state index contributed by atoms with van der Waals surface area (Å²) in [4.78, 5) is 25.1.